The molecular formula is C14H26N2S. The second-order valence-electron chi connectivity index (χ2n) is 5.68. The molecule has 0 amide bonds. The minimum absolute atomic E-state index is 0.170. The van der Waals surface area contributed by atoms with Crippen LogP contribution >= 0.6 is 11.3 Å². The maximum Gasteiger partial charge on any atom is 0.0985 e. The minimum atomic E-state index is 0.170. The van der Waals surface area contributed by atoms with Gasteiger partial charge in [0.2, 0.25) is 0 Å². The van der Waals surface area contributed by atoms with Gasteiger partial charge in [0.25, 0.3) is 0 Å². The average Bonchev–Trinajstić information content (AvgIpc) is 2.68. The summed E-state index contributed by atoms with van der Waals surface area (Å²) in [6.45, 7) is 14.3. The van der Waals surface area contributed by atoms with Gasteiger partial charge in [-0.1, -0.05) is 34.6 Å². The highest BCUT2D eigenvalue weighted by Gasteiger charge is 2.20. The van der Waals surface area contributed by atoms with Gasteiger partial charge in [-0.05, 0) is 19.8 Å². The molecule has 1 aromatic heterocycles. The maximum atomic E-state index is 4.78. The van der Waals surface area contributed by atoms with Crippen LogP contribution in [-0.2, 0) is 18.4 Å². The molecule has 1 unspecified atom stereocenters. The fourth-order valence-corrected chi connectivity index (χ4v) is 2.69. The zero-order valence-electron chi connectivity index (χ0n) is 12.1. The van der Waals surface area contributed by atoms with Crippen molar-refractivity contribution in [3.8, 4) is 0 Å². The highest BCUT2D eigenvalue weighted by Crippen LogP contribution is 2.29. The van der Waals surface area contributed by atoms with E-state index in [4.69, 9.17) is 4.98 Å². The van der Waals surface area contributed by atoms with E-state index >= 15 is 0 Å². The topological polar surface area (TPSA) is 24.9 Å². The lowest BCUT2D eigenvalue weighted by atomic mass is 9.98. The van der Waals surface area contributed by atoms with Gasteiger partial charge < -0.3 is 5.32 Å². The molecule has 1 aromatic rings. The lowest BCUT2D eigenvalue weighted by Gasteiger charge is -2.13. The monoisotopic (exact) mass is 254 g/mol. The first-order valence-corrected chi connectivity index (χ1v) is 7.42. The quantitative estimate of drug-likeness (QED) is 0.862. The second-order valence-corrected chi connectivity index (χ2v) is 6.77. The molecule has 1 rings (SSSR count). The van der Waals surface area contributed by atoms with Gasteiger partial charge in [0.05, 0.1) is 10.7 Å². The summed E-state index contributed by atoms with van der Waals surface area (Å²) in [5.41, 5.74) is 1.44. The van der Waals surface area contributed by atoms with Crippen LogP contribution in [0.4, 0.5) is 0 Å². The van der Waals surface area contributed by atoms with Crippen LogP contribution in [0.25, 0.3) is 0 Å². The first kappa shape index (κ1) is 14.7. The number of rotatable bonds is 5. The first-order valence-electron chi connectivity index (χ1n) is 6.60. The molecule has 0 aliphatic carbocycles. The van der Waals surface area contributed by atoms with Gasteiger partial charge in [0.1, 0.15) is 0 Å². The molecule has 0 saturated heterocycles. The van der Waals surface area contributed by atoms with Gasteiger partial charge in [0.15, 0.2) is 0 Å². The summed E-state index contributed by atoms with van der Waals surface area (Å²) in [6.07, 6.45) is 2.20. The summed E-state index contributed by atoms with van der Waals surface area (Å²) in [4.78, 5) is 6.20. The van der Waals surface area contributed by atoms with Crippen molar-refractivity contribution < 1.29 is 0 Å². The molecule has 2 nitrogen and oxygen atoms in total. The Morgan fingerprint density at radius 3 is 2.41 bits per heavy atom. The average molecular weight is 254 g/mol. The summed E-state index contributed by atoms with van der Waals surface area (Å²) < 4.78 is 0. The van der Waals surface area contributed by atoms with Gasteiger partial charge in [-0.25, -0.2) is 4.98 Å². The van der Waals surface area contributed by atoms with Crippen LogP contribution in [0.3, 0.4) is 0 Å². The van der Waals surface area contributed by atoms with Crippen LogP contribution in [0, 0.1) is 0 Å². The molecule has 3 heteroatoms. The number of hydrogen-bond donors (Lipinski definition) is 1. The summed E-state index contributed by atoms with van der Waals surface area (Å²) in [5, 5.41) is 4.82. The molecule has 0 fully saturated rings. The van der Waals surface area contributed by atoms with E-state index in [0.717, 1.165) is 13.0 Å². The third-order valence-corrected chi connectivity index (χ3v) is 4.50. The summed E-state index contributed by atoms with van der Waals surface area (Å²) in [5.74, 6) is 0. The van der Waals surface area contributed by atoms with Gasteiger partial charge in [-0.15, -0.1) is 11.3 Å². The van der Waals surface area contributed by atoms with Crippen molar-refractivity contribution in [3.05, 3.63) is 15.6 Å². The Labute approximate surface area is 110 Å². The number of aromatic nitrogens is 1. The predicted octanol–water partition coefficient (Wildman–Crippen LogP) is 3.89. The Morgan fingerprint density at radius 1 is 1.29 bits per heavy atom. The molecule has 1 atom stereocenters. The maximum absolute atomic E-state index is 4.78. The van der Waals surface area contributed by atoms with Gasteiger partial charge >= 0.3 is 0 Å². The van der Waals surface area contributed by atoms with Crippen LogP contribution < -0.4 is 5.32 Å². The number of nitrogens with zero attached hydrogens (tertiary/aromatic N) is 1. The number of thiazole rings is 1. The number of nitrogens with one attached hydrogen (secondary N) is 1. The van der Waals surface area contributed by atoms with Gasteiger partial charge in [0, 0.05) is 22.9 Å². The summed E-state index contributed by atoms with van der Waals surface area (Å²) >= 11 is 1.87. The first-order chi connectivity index (χ1) is 7.88. The molecule has 98 valence electrons. The lowest BCUT2D eigenvalue weighted by Crippen LogP contribution is -2.24. The van der Waals surface area contributed by atoms with E-state index in [-0.39, 0.29) is 5.41 Å². The standard InChI is InChI=1S/C14H26N2S/c1-7-10(3)15-9-12-11(8-2)16-13(17-12)14(4,5)6/h10,15H,7-9H2,1-6H3. The molecular weight excluding hydrogens is 228 g/mol. The minimum Gasteiger partial charge on any atom is -0.309 e. The van der Waals surface area contributed by atoms with E-state index in [9.17, 15) is 0 Å². The molecule has 1 N–H and O–H groups in total. The third-order valence-electron chi connectivity index (χ3n) is 2.98. The van der Waals surface area contributed by atoms with E-state index in [2.05, 4.69) is 46.9 Å². The van der Waals surface area contributed by atoms with Crippen molar-refractivity contribution in [2.24, 2.45) is 0 Å². The van der Waals surface area contributed by atoms with Crippen molar-refractivity contribution in [1.29, 1.82) is 0 Å². The Bertz CT molecular complexity index is 350. The molecule has 0 aliphatic heterocycles. The van der Waals surface area contributed by atoms with Crippen molar-refractivity contribution in [2.75, 3.05) is 0 Å². The van der Waals surface area contributed by atoms with Gasteiger partial charge in [-0.3, -0.25) is 0 Å². The van der Waals surface area contributed by atoms with E-state index in [1.165, 1.54) is 22.0 Å². The van der Waals surface area contributed by atoms with Crippen LogP contribution in [0.1, 0.15) is 63.5 Å². The van der Waals surface area contributed by atoms with Crippen LogP contribution in [0.5, 0.6) is 0 Å². The Morgan fingerprint density at radius 2 is 1.94 bits per heavy atom. The van der Waals surface area contributed by atoms with Crippen molar-refractivity contribution >= 4 is 11.3 Å². The lowest BCUT2D eigenvalue weighted by molar-refractivity contribution is 0.535. The zero-order valence-corrected chi connectivity index (χ0v) is 12.9. The van der Waals surface area contributed by atoms with Crippen molar-refractivity contribution in [2.45, 2.75) is 72.4 Å². The second kappa shape index (κ2) is 5.96. The fraction of sp³-hybridized carbons (Fsp3) is 0.786. The summed E-state index contributed by atoms with van der Waals surface area (Å²) in [7, 11) is 0. The molecule has 0 radical (unpaired) electrons. The number of aryl methyl sites for hydroxylation is 1. The molecule has 1 heterocycles. The van der Waals surface area contributed by atoms with E-state index in [1.54, 1.807) is 0 Å². The van der Waals surface area contributed by atoms with Crippen molar-refractivity contribution in [3.63, 3.8) is 0 Å². The molecule has 0 aliphatic rings. The van der Waals surface area contributed by atoms with Gasteiger partial charge in [-0.2, -0.15) is 0 Å². The van der Waals surface area contributed by atoms with E-state index in [1.807, 2.05) is 11.3 Å². The molecule has 0 spiro atoms. The predicted molar refractivity (Wildman–Crippen MR) is 76.8 cm³/mol. The SMILES string of the molecule is CCc1nc(C(C)(C)C)sc1CNC(C)CC. The smallest absolute Gasteiger partial charge is 0.0985 e. The highest BCUT2D eigenvalue weighted by atomic mass is 32.1. The highest BCUT2D eigenvalue weighted by molar-refractivity contribution is 7.11. The van der Waals surface area contributed by atoms with Crippen molar-refractivity contribution in [1.82, 2.24) is 10.3 Å². The van der Waals surface area contributed by atoms with Crippen LogP contribution in [-0.4, -0.2) is 11.0 Å². The summed E-state index contributed by atoms with van der Waals surface area (Å²) in [6, 6.07) is 0.583. The fourth-order valence-electron chi connectivity index (χ4n) is 1.53. The molecule has 0 bridgehead atoms. The zero-order chi connectivity index (χ0) is 13.1. The Hall–Kier alpha value is -0.410. The molecule has 0 aromatic carbocycles. The number of hydrogen-bond acceptors (Lipinski definition) is 3. The molecule has 0 saturated carbocycles. The van der Waals surface area contributed by atoms with Crippen LogP contribution in [0.2, 0.25) is 0 Å². The van der Waals surface area contributed by atoms with E-state index < -0.39 is 0 Å². The normalized spacial score (nSPS) is 14.0. The Kier molecular flexibility index (Phi) is 5.14. The Balaban J connectivity index is 2.80. The van der Waals surface area contributed by atoms with E-state index in [0.29, 0.717) is 6.04 Å². The largest absolute Gasteiger partial charge is 0.309 e. The third kappa shape index (κ3) is 4.07. The molecule has 17 heavy (non-hydrogen) atoms. The van der Waals surface area contributed by atoms with Crippen LogP contribution in [0.15, 0.2) is 0 Å².